The van der Waals surface area contributed by atoms with E-state index in [-0.39, 0.29) is 23.0 Å². The van der Waals surface area contributed by atoms with Gasteiger partial charge in [0.15, 0.2) is 0 Å². The third kappa shape index (κ3) is 3.32. The van der Waals surface area contributed by atoms with E-state index in [4.69, 9.17) is 4.55 Å². The third-order valence-corrected chi connectivity index (χ3v) is 3.43. The maximum atomic E-state index is 10.9. The Bertz CT molecular complexity index is 728. The minimum atomic E-state index is -4.26. The molecule has 0 saturated heterocycles. The molecule has 20 heavy (non-hydrogen) atoms. The number of nitro benzene ring substituents is 1. The van der Waals surface area contributed by atoms with Crippen LogP contribution in [-0.2, 0) is 10.1 Å². The topological polar surface area (TPSA) is 97.5 Å². The summed E-state index contributed by atoms with van der Waals surface area (Å²) in [5.41, 5.74) is 0.816. The number of benzene rings is 2. The molecule has 8 heteroatoms. The second kappa shape index (κ2) is 6.00. The van der Waals surface area contributed by atoms with Gasteiger partial charge < -0.3 is 0 Å². The lowest BCUT2D eigenvalue weighted by atomic mass is 10.0. The lowest BCUT2D eigenvalue weighted by Gasteiger charge is -2.03. The SMILES string of the molecule is Cl.O=[N+]([O-])c1ccccc1-c1ccc(S(=O)(=O)O)cc1. The molecule has 0 fully saturated rings. The molecule has 1 N–H and O–H groups in total. The van der Waals surface area contributed by atoms with E-state index < -0.39 is 15.0 Å². The van der Waals surface area contributed by atoms with Gasteiger partial charge in [0.1, 0.15) is 0 Å². The van der Waals surface area contributed by atoms with Gasteiger partial charge in [-0.2, -0.15) is 8.42 Å². The summed E-state index contributed by atoms with van der Waals surface area (Å²) in [6, 6.07) is 11.3. The molecule has 0 atom stereocenters. The van der Waals surface area contributed by atoms with Crippen LogP contribution in [-0.4, -0.2) is 17.9 Å². The minimum Gasteiger partial charge on any atom is -0.282 e. The molecule has 6 nitrogen and oxygen atoms in total. The Hall–Kier alpha value is -1.96. The van der Waals surface area contributed by atoms with Crippen LogP contribution >= 0.6 is 12.4 Å². The van der Waals surface area contributed by atoms with Crippen molar-refractivity contribution in [3.8, 4) is 11.1 Å². The fourth-order valence-corrected chi connectivity index (χ4v) is 2.16. The van der Waals surface area contributed by atoms with Gasteiger partial charge in [-0.15, -0.1) is 12.4 Å². The number of hydrogen-bond acceptors (Lipinski definition) is 4. The van der Waals surface area contributed by atoms with Gasteiger partial charge in [0.25, 0.3) is 15.8 Å². The first-order chi connectivity index (χ1) is 8.89. The molecular formula is C12H10ClNO5S. The first-order valence-electron chi connectivity index (χ1n) is 5.21. The lowest BCUT2D eigenvalue weighted by molar-refractivity contribution is -0.384. The summed E-state index contributed by atoms with van der Waals surface area (Å²) in [7, 11) is -4.26. The van der Waals surface area contributed by atoms with Gasteiger partial charge in [0.05, 0.1) is 15.4 Å². The van der Waals surface area contributed by atoms with Crippen LogP contribution in [0.3, 0.4) is 0 Å². The normalized spacial score (nSPS) is 10.7. The summed E-state index contributed by atoms with van der Waals surface area (Å²) in [5, 5.41) is 10.9. The van der Waals surface area contributed by atoms with Crippen molar-refractivity contribution in [3.63, 3.8) is 0 Å². The molecular weight excluding hydrogens is 306 g/mol. The highest BCUT2D eigenvalue weighted by atomic mass is 35.5. The third-order valence-electron chi connectivity index (χ3n) is 2.56. The van der Waals surface area contributed by atoms with Crippen LogP contribution in [0.5, 0.6) is 0 Å². The van der Waals surface area contributed by atoms with Gasteiger partial charge in [0, 0.05) is 6.07 Å². The Labute approximate surface area is 121 Å². The van der Waals surface area contributed by atoms with Crippen LogP contribution in [0.1, 0.15) is 0 Å². The molecule has 0 aliphatic heterocycles. The van der Waals surface area contributed by atoms with Gasteiger partial charge in [0.2, 0.25) is 0 Å². The highest BCUT2D eigenvalue weighted by Crippen LogP contribution is 2.29. The second-order valence-electron chi connectivity index (χ2n) is 3.77. The van der Waals surface area contributed by atoms with Crippen LogP contribution < -0.4 is 0 Å². The van der Waals surface area contributed by atoms with Gasteiger partial charge in [-0.05, 0) is 23.8 Å². The fraction of sp³-hybridized carbons (Fsp3) is 0. The Morgan fingerprint density at radius 2 is 1.55 bits per heavy atom. The van der Waals surface area contributed by atoms with E-state index in [2.05, 4.69) is 0 Å². The van der Waals surface area contributed by atoms with E-state index in [0.717, 1.165) is 0 Å². The maximum Gasteiger partial charge on any atom is 0.294 e. The first-order valence-corrected chi connectivity index (χ1v) is 6.65. The Balaban J connectivity index is 0.00000200. The van der Waals surface area contributed by atoms with Crippen LogP contribution in [0.25, 0.3) is 11.1 Å². The Kier molecular flexibility index (Phi) is 4.83. The van der Waals surface area contributed by atoms with Crippen molar-refractivity contribution in [1.82, 2.24) is 0 Å². The van der Waals surface area contributed by atoms with Gasteiger partial charge in [-0.3, -0.25) is 14.7 Å². The van der Waals surface area contributed by atoms with E-state index in [1.807, 2.05) is 0 Å². The summed E-state index contributed by atoms with van der Waals surface area (Å²) in [4.78, 5) is 10.1. The zero-order valence-corrected chi connectivity index (χ0v) is 11.6. The Morgan fingerprint density at radius 3 is 2.05 bits per heavy atom. The quantitative estimate of drug-likeness (QED) is 0.533. The average Bonchev–Trinajstić information content (AvgIpc) is 2.38. The highest BCUT2D eigenvalue weighted by molar-refractivity contribution is 7.85. The second-order valence-corrected chi connectivity index (χ2v) is 5.20. The van der Waals surface area contributed by atoms with Crippen molar-refractivity contribution >= 4 is 28.2 Å². The molecule has 0 aliphatic carbocycles. The molecule has 0 aromatic heterocycles. The average molecular weight is 316 g/mol. The lowest BCUT2D eigenvalue weighted by Crippen LogP contribution is -1.97. The van der Waals surface area contributed by atoms with Crippen molar-refractivity contribution in [1.29, 1.82) is 0 Å². The van der Waals surface area contributed by atoms with Crippen molar-refractivity contribution in [2.45, 2.75) is 4.90 Å². The van der Waals surface area contributed by atoms with Crippen molar-refractivity contribution in [2.24, 2.45) is 0 Å². The summed E-state index contributed by atoms with van der Waals surface area (Å²) >= 11 is 0. The van der Waals surface area contributed by atoms with Crippen molar-refractivity contribution in [2.75, 3.05) is 0 Å². The van der Waals surface area contributed by atoms with Gasteiger partial charge in [-0.25, -0.2) is 0 Å². The predicted octanol–water partition coefficient (Wildman–Crippen LogP) is 2.93. The van der Waals surface area contributed by atoms with E-state index in [9.17, 15) is 18.5 Å². The van der Waals surface area contributed by atoms with Crippen molar-refractivity contribution < 1.29 is 17.9 Å². The van der Waals surface area contributed by atoms with Crippen LogP contribution in [0.15, 0.2) is 53.4 Å². The smallest absolute Gasteiger partial charge is 0.282 e. The number of rotatable bonds is 3. The Morgan fingerprint density at radius 1 is 1.00 bits per heavy atom. The summed E-state index contributed by atoms with van der Waals surface area (Å²) in [6.07, 6.45) is 0. The van der Waals surface area contributed by atoms with Crippen LogP contribution in [0, 0.1) is 10.1 Å². The zero-order chi connectivity index (χ0) is 14.0. The standard InChI is InChI=1S/C12H9NO5S.ClH/c14-13(15)12-4-2-1-3-11(12)9-5-7-10(8-6-9)19(16,17)18;/h1-8H,(H,16,17,18);1H. The molecule has 0 heterocycles. The molecule has 0 amide bonds. The molecule has 0 bridgehead atoms. The molecule has 0 spiro atoms. The molecule has 0 aliphatic rings. The molecule has 2 aromatic rings. The maximum absolute atomic E-state index is 10.9. The summed E-state index contributed by atoms with van der Waals surface area (Å²) in [6.45, 7) is 0. The van der Waals surface area contributed by atoms with E-state index in [1.54, 1.807) is 18.2 Å². The fourth-order valence-electron chi connectivity index (χ4n) is 1.68. The van der Waals surface area contributed by atoms with Crippen LogP contribution in [0.2, 0.25) is 0 Å². The molecule has 0 saturated carbocycles. The molecule has 2 rings (SSSR count). The predicted molar refractivity (Wildman–Crippen MR) is 75.6 cm³/mol. The minimum absolute atomic E-state index is 0. The van der Waals surface area contributed by atoms with Crippen LogP contribution in [0.4, 0.5) is 5.69 Å². The van der Waals surface area contributed by atoms with Crippen molar-refractivity contribution in [3.05, 3.63) is 58.6 Å². The first kappa shape index (κ1) is 16.1. The number of halogens is 1. The largest absolute Gasteiger partial charge is 0.294 e. The number of nitrogens with zero attached hydrogens (tertiary/aromatic N) is 1. The highest BCUT2D eigenvalue weighted by Gasteiger charge is 2.15. The van der Waals surface area contributed by atoms with Gasteiger partial charge in [-0.1, -0.05) is 24.3 Å². The van der Waals surface area contributed by atoms with E-state index in [0.29, 0.717) is 11.1 Å². The molecule has 0 radical (unpaired) electrons. The van der Waals surface area contributed by atoms with E-state index in [1.165, 1.54) is 30.3 Å². The van der Waals surface area contributed by atoms with Gasteiger partial charge >= 0.3 is 0 Å². The zero-order valence-electron chi connectivity index (χ0n) is 9.96. The molecule has 106 valence electrons. The summed E-state index contributed by atoms with van der Waals surface area (Å²) < 4.78 is 30.7. The number of para-hydroxylation sites is 1. The summed E-state index contributed by atoms with van der Waals surface area (Å²) in [5.74, 6) is 0. The monoisotopic (exact) mass is 315 g/mol. The molecule has 0 unspecified atom stereocenters. The van der Waals surface area contributed by atoms with E-state index >= 15 is 0 Å². The molecule has 2 aromatic carbocycles. The number of hydrogen-bond donors (Lipinski definition) is 1. The number of nitro groups is 1.